The Labute approximate surface area is 231 Å². The molecule has 11 heteroatoms. The first-order valence-electron chi connectivity index (χ1n) is 14.0. The van der Waals surface area contributed by atoms with Crippen molar-refractivity contribution in [3.05, 3.63) is 53.7 Å². The smallest absolute Gasteiger partial charge is 0.254 e. The maximum atomic E-state index is 14.7. The van der Waals surface area contributed by atoms with E-state index in [9.17, 15) is 9.18 Å². The van der Waals surface area contributed by atoms with Crippen LogP contribution in [0.3, 0.4) is 0 Å². The SMILES string of the molecule is COc1cc2ncc(-c3cn(-c4cc(C(=O)NC5CC5)c(F)cc4C)nn3)n2cc1N1CCN(CC2CC2)CC1. The number of imidazole rings is 1. The maximum absolute atomic E-state index is 14.7. The molecule has 1 aromatic carbocycles. The minimum Gasteiger partial charge on any atom is -0.494 e. The predicted molar refractivity (Wildman–Crippen MR) is 149 cm³/mol. The van der Waals surface area contributed by atoms with Gasteiger partial charge in [-0.25, -0.2) is 14.1 Å². The molecule has 208 valence electrons. The lowest BCUT2D eigenvalue weighted by Crippen LogP contribution is -2.47. The summed E-state index contributed by atoms with van der Waals surface area (Å²) in [6.07, 6.45) is 10.2. The monoisotopic (exact) mass is 544 g/mol. The quantitative estimate of drug-likeness (QED) is 0.363. The number of benzene rings is 1. The molecular formula is C29H33FN8O2. The zero-order valence-electron chi connectivity index (χ0n) is 22.8. The molecule has 1 aliphatic heterocycles. The molecule has 4 aromatic rings. The largest absolute Gasteiger partial charge is 0.494 e. The van der Waals surface area contributed by atoms with Crippen molar-refractivity contribution in [2.45, 2.75) is 38.6 Å². The van der Waals surface area contributed by atoms with E-state index in [4.69, 9.17) is 4.74 Å². The lowest BCUT2D eigenvalue weighted by atomic mass is 10.1. The van der Waals surface area contributed by atoms with Crippen molar-refractivity contribution >= 4 is 17.2 Å². The van der Waals surface area contributed by atoms with Crippen LogP contribution in [0.25, 0.3) is 22.7 Å². The molecule has 3 fully saturated rings. The number of fused-ring (bicyclic) bond motifs is 1. The molecule has 40 heavy (non-hydrogen) atoms. The molecule has 0 spiro atoms. The minimum absolute atomic E-state index is 0.00770. The topological polar surface area (TPSA) is 92.8 Å². The highest BCUT2D eigenvalue weighted by molar-refractivity contribution is 5.95. The molecule has 10 nitrogen and oxygen atoms in total. The highest BCUT2D eigenvalue weighted by Crippen LogP contribution is 2.34. The van der Waals surface area contributed by atoms with Crippen molar-refractivity contribution in [1.82, 2.24) is 34.6 Å². The molecule has 1 N–H and O–H groups in total. The first-order chi connectivity index (χ1) is 19.5. The second-order valence-corrected chi connectivity index (χ2v) is 11.2. The van der Waals surface area contributed by atoms with Gasteiger partial charge in [-0.15, -0.1) is 5.10 Å². The second kappa shape index (κ2) is 9.88. The fraction of sp³-hybridized carbons (Fsp3) is 0.448. The number of hydrogen-bond acceptors (Lipinski definition) is 7. The van der Waals surface area contributed by atoms with Gasteiger partial charge in [0.1, 0.15) is 22.9 Å². The van der Waals surface area contributed by atoms with Gasteiger partial charge in [-0.3, -0.25) is 14.1 Å². The van der Waals surface area contributed by atoms with E-state index in [1.807, 2.05) is 10.5 Å². The highest BCUT2D eigenvalue weighted by Gasteiger charge is 2.28. The molecule has 7 rings (SSSR count). The van der Waals surface area contributed by atoms with Crippen molar-refractivity contribution in [3.63, 3.8) is 0 Å². The van der Waals surface area contributed by atoms with Gasteiger partial charge in [0.15, 0.2) is 0 Å². The van der Waals surface area contributed by atoms with Gasteiger partial charge in [0.2, 0.25) is 0 Å². The number of aryl methyl sites for hydroxylation is 1. The summed E-state index contributed by atoms with van der Waals surface area (Å²) in [5, 5.41) is 11.6. The molecule has 0 radical (unpaired) electrons. The van der Waals surface area contributed by atoms with E-state index >= 15 is 0 Å². The van der Waals surface area contributed by atoms with Gasteiger partial charge < -0.3 is 15.0 Å². The number of rotatable bonds is 8. The third kappa shape index (κ3) is 4.78. The van der Waals surface area contributed by atoms with Gasteiger partial charge in [-0.05, 0) is 56.2 Å². The van der Waals surface area contributed by atoms with E-state index < -0.39 is 11.7 Å². The van der Waals surface area contributed by atoms with E-state index in [0.29, 0.717) is 16.9 Å². The molecule has 1 saturated heterocycles. The fourth-order valence-electron chi connectivity index (χ4n) is 5.49. The number of methoxy groups -OCH3 is 1. The number of pyridine rings is 1. The molecule has 0 atom stereocenters. The maximum Gasteiger partial charge on any atom is 0.254 e. The third-order valence-electron chi connectivity index (χ3n) is 8.18. The van der Waals surface area contributed by atoms with Crippen molar-refractivity contribution in [2.24, 2.45) is 5.92 Å². The van der Waals surface area contributed by atoms with Crippen molar-refractivity contribution in [1.29, 1.82) is 0 Å². The van der Waals surface area contributed by atoms with Crippen LogP contribution in [0.15, 0.2) is 36.8 Å². The van der Waals surface area contributed by atoms with Crippen molar-refractivity contribution in [3.8, 4) is 22.8 Å². The van der Waals surface area contributed by atoms with Gasteiger partial charge in [0.25, 0.3) is 5.91 Å². The number of halogens is 1. The van der Waals surface area contributed by atoms with E-state index in [1.165, 1.54) is 25.5 Å². The Morgan fingerprint density at radius 3 is 2.60 bits per heavy atom. The molecule has 1 amide bonds. The molecular weight excluding hydrogens is 511 g/mol. The average molecular weight is 545 g/mol. The number of ether oxygens (including phenoxy) is 1. The Bertz CT molecular complexity index is 1580. The van der Waals surface area contributed by atoms with Crippen LogP contribution in [0.2, 0.25) is 0 Å². The summed E-state index contributed by atoms with van der Waals surface area (Å²) in [6, 6.07) is 5.01. The average Bonchev–Trinajstić information content (AvgIpc) is 3.86. The third-order valence-corrected chi connectivity index (χ3v) is 8.18. The molecule has 2 saturated carbocycles. The van der Waals surface area contributed by atoms with Gasteiger partial charge in [0, 0.05) is 51.0 Å². The lowest BCUT2D eigenvalue weighted by molar-refractivity contribution is 0.0947. The summed E-state index contributed by atoms with van der Waals surface area (Å²) in [5.74, 6) is 0.738. The Morgan fingerprint density at radius 2 is 1.88 bits per heavy atom. The van der Waals surface area contributed by atoms with Crippen LogP contribution in [-0.4, -0.2) is 81.1 Å². The molecule has 3 aromatic heterocycles. The van der Waals surface area contributed by atoms with Crippen molar-refractivity contribution in [2.75, 3.05) is 44.7 Å². The minimum atomic E-state index is -0.545. The van der Waals surface area contributed by atoms with Crippen LogP contribution in [-0.2, 0) is 0 Å². The standard InChI is InChI=1S/C29H33FN8O2/c1-18-11-22(30)21(29(39)32-20-5-6-20)12-24(18)38-16-23(33-34-38)25-14-31-28-13-27(40-2)26(17-37(25)28)36-9-7-35(8-10-36)15-19-3-4-19/h11-14,16-17,19-20H,3-10,15H2,1-2H3,(H,32,39). The zero-order chi connectivity index (χ0) is 27.4. The van der Waals surface area contributed by atoms with Gasteiger partial charge >= 0.3 is 0 Å². The zero-order valence-corrected chi connectivity index (χ0v) is 22.8. The van der Waals surface area contributed by atoms with E-state index in [-0.39, 0.29) is 11.6 Å². The molecule has 0 unspecified atom stereocenters. The summed E-state index contributed by atoms with van der Waals surface area (Å²) in [6.45, 7) is 6.97. The fourth-order valence-corrected chi connectivity index (χ4v) is 5.49. The van der Waals surface area contributed by atoms with Gasteiger partial charge in [-0.1, -0.05) is 5.21 Å². The normalized spacial score (nSPS) is 17.9. The summed E-state index contributed by atoms with van der Waals surface area (Å²) in [5.41, 5.74) is 4.43. The Hall–Kier alpha value is -3.99. The lowest BCUT2D eigenvalue weighted by Gasteiger charge is -2.36. The van der Waals surface area contributed by atoms with E-state index in [0.717, 1.165) is 67.7 Å². The van der Waals surface area contributed by atoms with Gasteiger partial charge in [-0.2, -0.15) is 0 Å². The number of aromatic nitrogens is 5. The molecule has 3 aliphatic rings. The number of carbonyl (C=O) groups is 1. The highest BCUT2D eigenvalue weighted by atomic mass is 19.1. The van der Waals surface area contributed by atoms with E-state index in [1.54, 1.807) is 37.2 Å². The first kappa shape index (κ1) is 25.0. The van der Waals surface area contributed by atoms with Crippen molar-refractivity contribution < 1.29 is 13.9 Å². The van der Waals surface area contributed by atoms with Crippen LogP contribution in [0.5, 0.6) is 5.75 Å². The number of piperazine rings is 1. The summed E-state index contributed by atoms with van der Waals surface area (Å²) in [4.78, 5) is 22.1. The number of nitrogens with zero attached hydrogens (tertiary/aromatic N) is 7. The summed E-state index contributed by atoms with van der Waals surface area (Å²) >= 11 is 0. The molecule has 4 heterocycles. The summed E-state index contributed by atoms with van der Waals surface area (Å²) in [7, 11) is 1.69. The van der Waals surface area contributed by atoms with Crippen LogP contribution < -0.4 is 15.0 Å². The second-order valence-electron chi connectivity index (χ2n) is 11.2. The number of nitrogens with one attached hydrogen (secondary N) is 1. The molecule has 0 bridgehead atoms. The van der Waals surface area contributed by atoms with E-state index in [2.05, 4.69) is 36.6 Å². The Balaban J connectivity index is 1.18. The summed E-state index contributed by atoms with van der Waals surface area (Å²) < 4.78 is 24.0. The number of amides is 1. The Kier molecular flexibility index (Phi) is 6.18. The number of carbonyl (C=O) groups excluding carboxylic acids is 1. The molecule has 2 aliphatic carbocycles. The van der Waals surface area contributed by atoms with Crippen LogP contribution in [0, 0.1) is 18.7 Å². The number of anilines is 1. The first-order valence-corrected chi connectivity index (χ1v) is 14.0. The number of hydrogen-bond donors (Lipinski definition) is 1. The Morgan fingerprint density at radius 1 is 1.07 bits per heavy atom. The van der Waals surface area contributed by atoms with Crippen LogP contribution in [0.1, 0.15) is 41.6 Å². The van der Waals surface area contributed by atoms with Crippen LogP contribution in [0.4, 0.5) is 10.1 Å². The predicted octanol–water partition coefficient (Wildman–Crippen LogP) is 3.46. The van der Waals surface area contributed by atoms with Gasteiger partial charge in [0.05, 0.1) is 42.1 Å². The van der Waals surface area contributed by atoms with Crippen LogP contribution >= 0.6 is 0 Å².